The number of aliphatic hydroxyl groups excluding tert-OH is 2. The molecule has 3 rings (SSSR count). The predicted octanol–water partition coefficient (Wildman–Crippen LogP) is 2.91. The van der Waals surface area contributed by atoms with Gasteiger partial charge in [-0.3, -0.25) is 14.4 Å². The summed E-state index contributed by atoms with van der Waals surface area (Å²) in [7, 11) is 0. The lowest BCUT2D eigenvalue weighted by Gasteiger charge is -2.26. The van der Waals surface area contributed by atoms with Gasteiger partial charge < -0.3 is 24.4 Å². The second kappa shape index (κ2) is 11.8. The van der Waals surface area contributed by atoms with Crippen molar-refractivity contribution < 1.29 is 38.8 Å². The lowest BCUT2D eigenvalue weighted by atomic mass is 9.95. The predicted molar refractivity (Wildman–Crippen MR) is 131 cm³/mol. The highest BCUT2D eigenvalue weighted by Gasteiger charge is 2.60. The molecule has 2 N–H and O–H groups in total. The Hall–Kier alpha value is -2.97. The molecule has 0 heterocycles. The first-order valence-electron chi connectivity index (χ1n) is 12.3. The van der Waals surface area contributed by atoms with Gasteiger partial charge in [0.2, 0.25) is 0 Å². The second-order valence-corrected chi connectivity index (χ2v) is 9.95. The van der Waals surface area contributed by atoms with Crippen LogP contribution in [0.4, 0.5) is 0 Å². The van der Waals surface area contributed by atoms with Crippen LogP contribution >= 0.6 is 0 Å². The Labute approximate surface area is 211 Å². The van der Waals surface area contributed by atoms with Crippen molar-refractivity contribution in [2.45, 2.75) is 65.3 Å². The fourth-order valence-electron chi connectivity index (χ4n) is 4.99. The van der Waals surface area contributed by atoms with E-state index in [1.807, 2.05) is 43.3 Å². The van der Waals surface area contributed by atoms with Crippen LogP contribution in [-0.2, 0) is 35.0 Å². The molecule has 0 spiro atoms. The molecule has 8 heteroatoms. The Bertz CT molecular complexity index is 1010. The SMILES string of the molecule is CC(=O)OC/C1=C\[C@@H](O)[C@@H](OC(C)=O)/C(C)=C/[C@@H]2[C@H](C[C@H]1OC(=O)CCc1ccccc1)[C@]2(C)CO. The van der Waals surface area contributed by atoms with Gasteiger partial charge in [0.25, 0.3) is 0 Å². The monoisotopic (exact) mass is 500 g/mol. The van der Waals surface area contributed by atoms with Crippen molar-refractivity contribution >= 4 is 17.9 Å². The Kier molecular flexibility index (Phi) is 9.08. The number of allylic oxidation sites excluding steroid dienone is 1. The Morgan fingerprint density at radius 2 is 1.75 bits per heavy atom. The average Bonchev–Trinajstić information content (AvgIpc) is 3.39. The van der Waals surface area contributed by atoms with Gasteiger partial charge in [-0.2, -0.15) is 0 Å². The van der Waals surface area contributed by atoms with E-state index in [1.165, 1.54) is 19.9 Å². The van der Waals surface area contributed by atoms with Crippen LogP contribution in [0.2, 0.25) is 0 Å². The molecule has 1 saturated carbocycles. The van der Waals surface area contributed by atoms with E-state index >= 15 is 0 Å². The highest BCUT2D eigenvalue weighted by molar-refractivity contribution is 5.70. The molecule has 0 radical (unpaired) electrons. The Morgan fingerprint density at radius 3 is 2.36 bits per heavy atom. The molecule has 8 nitrogen and oxygen atoms in total. The second-order valence-electron chi connectivity index (χ2n) is 9.95. The topological polar surface area (TPSA) is 119 Å². The van der Waals surface area contributed by atoms with Crippen molar-refractivity contribution in [1.82, 2.24) is 0 Å². The van der Waals surface area contributed by atoms with Gasteiger partial charge in [-0.05, 0) is 48.8 Å². The molecule has 1 aromatic carbocycles. The van der Waals surface area contributed by atoms with Crippen LogP contribution in [0.5, 0.6) is 0 Å². The highest BCUT2D eigenvalue weighted by atomic mass is 16.6. The van der Waals surface area contributed by atoms with Crippen LogP contribution in [0.25, 0.3) is 0 Å². The summed E-state index contributed by atoms with van der Waals surface area (Å²) in [6.45, 7) is 5.98. The number of benzene rings is 1. The van der Waals surface area contributed by atoms with E-state index in [2.05, 4.69) is 0 Å². The molecule has 2 aliphatic carbocycles. The summed E-state index contributed by atoms with van der Waals surface area (Å²) in [5, 5.41) is 21.1. The van der Waals surface area contributed by atoms with Crippen LogP contribution < -0.4 is 0 Å². The van der Waals surface area contributed by atoms with Gasteiger partial charge in [0.15, 0.2) is 6.10 Å². The highest BCUT2D eigenvalue weighted by Crippen LogP contribution is 2.62. The zero-order chi connectivity index (χ0) is 26.5. The number of hydrogen-bond donors (Lipinski definition) is 2. The number of aliphatic hydroxyl groups is 2. The van der Waals surface area contributed by atoms with E-state index in [9.17, 15) is 24.6 Å². The van der Waals surface area contributed by atoms with Gasteiger partial charge in [0, 0.05) is 37.9 Å². The first-order valence-corrected chi connectivity index (χ1v) is 12.3. The molecule has 36 heavy (non-hydrogen) atoms. The molecule has 6 atom stereocenters. The normalized spacial score (nSPS) is 32.6. The van der Waals surface area contributed by atoms with E-state index in [4.69, 9.17) is 14.2 Å². The van der Waals surface area contributed by atoms with Gasteiger partial charge in [-0.25, -0.2) is 0 Å². The van der Waals surface area contributed by atoms with E-state index in [0.717, 1.165) is 5.56 Å². The molecular weight excluding hydrogens is 464 g/mol. The molecule has 1 fully saturated rings. The lowest BCUT2D eigenvalue weighted by Crippen LogP contribution is -2.33. The number of aryl methyl sites for hydroxylation is 1. The van der Waals surface area contributed by atoms with Crippen LogP contribution in [0.15, 0.2) is 53.6 Å². The van der Waals surface area contributed by atoms with Crippen molar-refractivity contribution in [2.75, 3.05) is 13.2 Å². The summed E-state index contributed by atoms with van der Waals surface area (Å²) in [5.41, 5.74) is 1.61. The minimum Gasteiger partial charge on any atom is -0.461 e. The van der Waals surface area contributed by atoms with Gasteiger partial charge in [0.1, 0.15) is 18.8 Å². The molecule has 196 valence electrons. The average molecular weight is 501 g/mol. The summed E-state index contributed by atoms with van der Waals surface area (Å²) in [6.07, 6.45) is 1.43. The Balaban J connectivity index is 1.91. The maximum absolute atomic E-state index is 12.9. The van der Waals surface area contributed by atoms with Crippen molar-refractivity contribution in [2.24, 2.45) is 17.3 Å². The molecular formula is C28H36O8. The van der Waals surface area contributed by atoms with E-state index in [1.54, 1.807) is 6.92 Å². The van der Waals surface area contributed by atoms with Gasteiger partial charge in [-0.1, -0.05) is 43.3 Å². The number of carbonyl (C=O) groups excluding carboxylic acids is 3. The third-order valence-corrected chi connectivity index (χ3v) is 7.21. The number of carbonyl (C=O) groups is 3. The number of esters is 3. The molecule has 0 bridgehead atoms. The molecule has 0 aromatic heterocycles. The van der Waals surface area contributed by atoms with Gasteiger partial charge in [0.05, 0.1) is 0 Å². The maximum Gasteiger partial charge on any atom is 0.306 e. The molecule has 0 aliphatic heterocycles. The third-order valence-electron chi connectivity index (χ3n) is 7.21. The molecule has 0 amide bonds. The number of rotatable bonds is 8. The van der Waals surface area contributed by atoms with E-state index in [-0.39, 0.29) is 31.5 Å². The summed E-state index contributed by atoms with van der Waals surface area (Å²) in [5.74, 6) is -1.59. The Morgan fingerprint density at radius 1 is 1.06 bits per heavy atom. The van der Waals surface area contributed by atoms with Gasteiger partial charge >= 0.3 is 17.9 Å². The fraction of sp³-hybridized carbons (Fsp3) is 0.536. The van der Waals surface area contributed by atoms with Crippen molar-refractivity contribution in [3.63, 3.8) is 0 Å². The summed E-state index contributed by atoms with van der Waals surface area (Å²) < 4.78 is 16.5. The summed E-state index contributed by atoms with van der Waals surface area (Å²) in [6, 6.07) is 9.58. The molecule has 2 aliphatic rings. The number of fused-ring (bicyclic) bond motifs is 1. The zero-order valence-electron chi connectivity index (χ0n) is 21.3. The van der Waals surface area contributed by atoms with Crippen molar-refractivity contribution in [3.8, 4) is 0 Å². The largest absolute Gasteiger partial charge is 0.461 e. The van der Waals surface area contributed by atoms with Crippen LogP contribution in [0, 0.1) is 17.3 Å². The van der Waals surface area contributed by atoms with E-state index in [0.29, 0.717) is 24.0 Å². The molecule has 0 saturated heterocycles. The lowest BCUT2D eigenvalue weighted by molar-refractivity contribution is -0.148. The summed E-state index contributed by atoms with van der Waals surface area (Å²) in [4.78, 5) is 36.2. The number of ether oxygens (including phenoxy) is 3. The minimum absolute atomic E-state index is 0.0293. The smallest absolute Gasteiger partial charge is 0.306 e. The van der Waals surface area contributed by atoms with Crippen molar-refractivity contribution in [1.29, 1.82) is 0 Å². The standard InChI is InChI=1S/C28H36O8/c1-17-12-22-23(28(22,4)16-29)14-25(36-26(33)11-10-20-8-6-5-7-9-20)21(15-34-18(2)30)13-24(32)27(17)35-19(3)31/h5-9,12-13,22-25,27,29,32H,10-11,14-16H2,1-4H3/b17-12+,21-13+/t22-,23+,24-,25-,27+,28-/m1/s1. The van der Waals surface area contributed by atoms with Crippen LogP contribution in [0.1, 0.15) is 46.1 Å². The minimum atomic E-state index is -1.25. The summed E-state index contributed by atoms with van der Waals surface area (Å²) >= 11 is 0. The quantitative estimate of drug-likeness (QED) is 0.318. The first kappa shape index (κ1) is 27.6. The first-order chi connectivity index (χ1) is 17.0. The zero-order valence-corrected chi connectivity index (χ0v) is 21.3. The molecule has 1 aromatic rings. The maximum atomic E-state index is 12.9. The van der Waals surface area contributed by atoms with Crippen molar-refractivity contribution in [3.05, 3.63) is 59.2 Å². The van der Waals surface area contributed by atoms with Gasteiger partial charge in [-0.15, -0.1) is 0 Å². The third kappa shape index (κ3) is 6.83. The fourth-order valence-corrected chi connectivity index (χ4v) is 4.99. The van der Waals surface area contributed by atoms with Crippen LogP contribution in [0.3, 0.4) is 0 Å². The van der Waals surface area contributed by atoms with Crippen LogP contribution in [-0.4, -0.2) is 59.6 Å². The molecule has 0 unspecified atom stereocenters. The van der Waals surface area contributed by atoms with E-state index < -0.39 is 41.6 Å². The number of hydrogen-bond acceptors (Lipinski definition) is 8.